The minimum absolute atomic E-state index is 0.0751. The molecule has 2 N–H and O–H groups in total. The predicted molar refractivity (Wildman–Crippen MR) is 72.3 cm³/mol. The molecule has 0 bridgehead atoms. The van der Waals surface area contributed by atoms with E-state index >= 15 is 0 Å². The highest BCUT2D eigenvalue weighted by Crippen LogP contribution is 2.32. The fourth-order valence-electron chi connectivity index (χ4n) is 2.84. The van der Waals surface area contributed by atoms with Gasteiger partial charge in [-0.05, 0) is 19.8 Å². The summed E-state index contributed by atoms with van der Waals surface area (Å²) in [6.07, 6.45) is 3.62. The zero-order valence-electron chi connectivity index (χ0n) is 12.1. The van der Waals surface area contributed by atoms with Gasteiger partial charge in [0.05, 0.1) is 17.8 Å². The maximum atomic E-state index is 10.2. The molecule has 19 heavy (non-hydrogen) atoms. The summed E-state index contributed by atoms with van der Waals surface area (Å²) in [6.45, 7) is 5.33. The molecule has 2 saturated heterocycles. The summed E-state index contributed by atoms with van der Waals surface area (Å²) in [5.74, 6) is 0. The molecule has 0 amide bonds. The highest BCUT2D eigenvalue weighted by Gasteiger charge is 2.41. The Labute approximate surface area is 115 Å². The first-order chi connectivity index (χ1) is 9.05. The molecule has 5 nitrogen and oxygen atoms in total. The Morgan fingerprint density at radius 1 is 1.47 bits per heavy atom. The predicted octanol–water partition coefficient (Wildman–Crippen LogP) is 0.702. The lowest BCUT2D eigenvalue weighted by molar-refractivity contribution is -0.0916. The quantitative estimate of drug-likeness (QED) is 0.746. The van der Waals surface area contributed by atoms with Crippen LogP contribution in [0.5, 0.6) is 0 Å². The van der Waals surface area contributed by atoms with E-state index in [1.807, 2.05) is 6.92 Å². The third kappa shape index (κ3) is 4.39. The molecule has 3 atom stereocenters. The molecule has 2 fully saturated rings. The second-order valence-corrected chi connectivity index (χ2v) is 6.14. The lowest BCUT2D eigenvalue weighted by atomic mass is 9.89. The summed E-state index contributed by atoms with van der Waals surface area (Å²) in [5, 5.41) is 13.7. The van der Waals surface area contributed by atoms with E-state index < -0.39 is 5.60 Å². The van der Waals surface area contributed by atoms with Crippen molar-refractivity contribution < 1.29 is 19.3 Å². The molecule has 2 aliphatic heterocycles. The molecule has 3 unspecified atom stereocenters. The van der Waals surface area contributed by atoms with E-state index in [1.54, 1.807) is 7.11 Å². The van der Waals surface area contributed by atoms with Crippen LogP contribution >= 0.6 is 0 Å². The van der Waals surface area contributed by atoms with Crippen molar-refractivity contribution in [2.24, 2.45) is 0 Å². The summed E-state index contributed by atoms with van der Waals surface area (Å²) in [7, 11) is 1.66. The van der Waals surface area contributed by atoms with Crippen LogP contribution in [0.15, 0.2) is 0 Å². The van der Waals surface area contributed by atoms with Crippen LogP contribution in [-0.2, 0) is 14.2 Å². The van der Waals surface area contributed by atoms with Gasteiger partial charge >= 0.3 is 0 Å². The van der Waals surface area contributed by atoms with E-state index in [0.29, 0.717) is 32.2 Å². The molecule has 2 aliphatic rings. The first-order valence-corrected chi connectivity index (χ1v) is 7.22. The van der Waals surface area contributed by atoms with E-state index in [0.717, 1.165) is 32.5 Å². The van der Waals surface area contributed by atoms with Crippen LogP contribution < -0.4 is 5.32 Å². The summed E-state index contributed by atoms with van der Waals surface area (Å²) in [5.41, 5.74) is -0.790. The molecule has 2 heterocycles. The van der Waals surface area contributed by atoms with E-state index in [4.69, 9.17) is 14.2 Å². The Balaban J connectivity index is 1.76. The highest BCUT2D eigenvalue weighted by atomic mass is 16.6. The molecule has 0 radical (unpaired) electrons. The van der Waals surface area contributed by atoms with Crippen molar-refractivity contribution >= 4 is 0 Å². The summed E-state index contributed by atoms with van der Waals surface area (Å²) in [6, 6.07) is 0.407. The van der Waals surface area contributed by atoms with Gasteiger partial charge in [-0.15, -0.1) is 0 Å². The summed E-state index contributed by atoms with van der Waals surface area (Å²) < 4.78 is 16.4. The number of ether oxygens (including phenoxy) is 3. The number of rotatable bonds is 6. The van der Waals surface area contributed by atoms with Gasteiger partial charge in [0, 0.05) is 52.4 Å². The van der Waals surface area contributed by atoms with Crippen molar-refractivity contribution in [3.05, 3.63) is 0 Å². The van der Waals surface area contributed by atoms with Crippen molar-refractivity contribution in [2.45, 2.75) is 49.9 Å². The van der Waals surface area contributed by atoms with Crippen molar-refractivity contribution in [3.63, 3.8) is 0 Å². The molecule has 5 heteroatoms. The topological polar surface area (TPSA) is 60.0 Å². The summed E-state index contributed by atoms with van der Waals surface area (Å²) in [4.78, 5) is 0. The number of hydrogen-bond acceptors (Lipinski definition) is 5. The van der Waals surface area contributed by atoms with Crippen LogP contribution in [0.1, 0.15) is 32.6 Å². The Hall–Kier alpha value is -0.200. The largest absolute Gasteiger partial charge is 0.389 e. The molecule has 1 spiro atoms. The molecule has 0 aromatic heterocycles. The lowest BCUT2D eigenvalue weighted by Crippen LogP contribution is -2.51. The van der Waals surface area contributed by atoms with Crippen LogP contribution in [0.2, 0.25) is 0 Å². The third-order valence-electron chi connectivity index (χ3n) is 4.18. The van der Waals surface area contributed by atoms with Gasteiger partial charge in [-0.2, -0.15) is 0 Å². The molecule has 0 aromatic carbocycles. The third-order valence-corrected chi connectivity index (χ3v) is 4.18. The van der Waals surface area contributed by atoms with Crippen molar-refractivity contribution in [2.75, 3.05) is 40.1 Å². The number of nitrogens with one attached hydrogen (secondary N) is 1. The molecule has 2 rings (SSSR count). The smallest absolute Gasteiger partial charge is 0.0951 e. The Bertz CT molecular complexity index is 277. The molecular formula is C14H27NO4. The van der Waals surface area contributed by atoms with Gasteiger partial charge in [-0.3, -0.25) is 0 Å². The zero-order valence-corrected chi connectivity index (χ0v) is 12.1. The fourth-order valence-corrected chi connectivity index (χ4v) is 2.84. The van der Waals surface area contributed by atoms with Crippen LogP contribution in [0.4, 0.5) is 0 Å². The Kier molecular flexibility index (Phi) is 5.20. The van der Waals surface area contributed by atoms with Gasteiger partial charge in [-0.1, -0.05) is 0 Å². The highest BCUT2D eigenvalue weighted by molar-refractivity contribution is 4.93. The second-order valence-electron chi connectivity index (χ2n) is 6.14. The van der Waals surface area contributed by atoms with E-state index in [9.17, 15) is 5.11 Å². The maximum Gasteiger partial charge on any atom is 0.0951 e. The van der Waals surface area contributed by atoms with Crippen LogP contribution in [0.25, 0.3) is 0 Å². The number of aliphatic hydroxyl groups is 1. The molecule has 0 saturated carbocycles. The number of hydrogen-bond donors (Lipinski definition) is 2. The minimum Gasteiger partial charge on any atom is -0.389 e. The number of methoxy groups -OCH3 is 1. The second kappa shape index (κ2) is 6.50. The van der Waals surface area contributed by atoms with Crippen LogP contribution in [0, 0.1) is 0 Å². The van der Waals surface area contributed by atoms with Gasteiger partial charge < -0.3 is 24.6 Å². The SMILES string of the molecule is COCCC(C)(O)CNC1CCOC2(CCOC2)C1. The minimum atomic E-state index is -0.715. The van der Waals surface area contributed by atoms with Gasteiger partial charge in [0.15, 0.2) is 0 Å². The summed E-state index contributed by atoms with van der Waals surface area (Å²) >= 11 is 0. The average Bonchev–Trinajstić information content (AvgIpc) is 2.82. The van der Waals surface area contributed by atoms with E-state index in [-0.39, 0.29) is 5.60 Å². The van der Waals surface area contributed by atoms with E-state index in [2.05, 4.69) is 5.32 Å². The standard InChI is InChI=1S/C14H27NO4/c1-13(16,4-7-17-2)10-15-12-3-6-19-14(9-12)5-8-18-11-14/h12,15-16H,3-11H2,1-2H3. The van der Waals surface area contributed by atoms with E-state index in [1.165, 1.54) is 0 Å². The Morgan fingerprint density at radius 2 is 2.32 bits per heavy atom. The fraction of sp³-hybridized carbons (Fsp3) is 1.00. The van der Waals surface area contributed by atoms with Gasteiger partial charge in [0.2, 0.25) is 0 Å². The first kappa shape index (κ1) is 15.2. The first-order valence-electron chi connectivity index (χ1n) is 7.22. The van der Waals surface area contributed by atoms with Crippen molar-refractivity contribution in [1.29, 1.82) is 0 Å². The average molecular weight is 273 g/mol. The molecular weight excluding hydrogens is 246 g/mol. The van der Waals surface area contributed by atoms with Crippen molar-refractivity contribution in [1.82, 2.24) is 5.32 Å². The van der Waals surface area contributed by atoms with Crippen molar-refractivity contribution in [3.8, 4) is 0 Å². The van der Waals surface area contributed by atoms with Crippen LogP contribution in [0.3, 0.4) is 0 Å². The van der Waals surface area contributed by atoms with Gasteiger partial charge in [0.1, 0.15) is 0 Å². The zero-order chi connectivity index (χ0) is 13.8. The molecule has 112 valence electrons. The molecule has 0 aromatic rings. The monoisotopic (exact) mass is 273 g/mol. The van der Waals surface area contributed by atoms with Gasteiger partial charge in [0.25, 0.3) is 0 Å². The Morgan fingerprint density at radius 3 is 3.00 bits per heavy atom. The van der Waals surface area contributed by atoms with Crippen LogP contribution in [-0.4, -0.2) is 62.4 Å². The maximum absolute atomic E-state index is 10.2. The van der Waals surface area contributed by atoms with Gasteiger partial charge in [-0.25, -0.2) is 0 Å². The normalized spacial score (nSPS) is 34.6. The lowest BCUT2D eigenvalue weighted by Gasteiger charge is -2.38. The molecule has 0 aliphatic carbocycles.